The van der Waals surface area contributed by atoms with Crippen LogP contribution in [0.4, 0.5) is 0 Å². The first kappa shape index (κ1) is 80.5. The van der Waals surface area contributed by atoms with Crippen LogP contribution in [0.1, 0.15) is 361 Å². The fourth-order valence-electron chi connectivity index (χ4n) is 10.9. The molecule has 0 aliphatic heterocycles. The summed E-state index contributed by atoms with van der Waals surface area (Å²) in [6, 6.07) is -0.849. The highest BCUT2D eigenvalue weighted by molar-refractivity contribution is 7.47. The number of likely N-dealkylation sites (N-methyl/N-ethyl adjacent to an activating group) is 1. The second kappa shape index (κ2) is 63.9. The Bertz CT molecular complexity index is 1480. The lowest BCUT2D eigenvalue weighted by Crippen LogP contribution is -2.45. The maximum absolute atomic E-state index is 13.1. The van der Waals surface area contributed by atoms with Crippen molar-refractivity contribution in [1.82, 2.24) is 5.32 Å². The maximum atomic E-state index is 13.1. The van der Waals surface area contributed by atoms with E-state index in [4.69, 9.17) is 9.05 Å². The first-order valence-electron chi connectivity index (χ1n) is 36.0. The minimum Gasteiger partial charge on any atom is -0.387 e. The van der Waals surface area contributed by atoms with E-state index >= 15 is 0 Å². The van der Waals surface area contributed by atoms with Gasteiger partial charge in [-0.2, -0.15) is 0 Å². The highest BCUT2D eigenvalue weighted by atomic mass is 31.2. The molecule has 3 N–H and O–H groups in total. The monoisotopic (exact) mass is 1170 g/mol. The highest BCUT2D eigenvalue weighted by Gasteiger charge is 2.28. The molecule has 0 aromatic carbocycles. The van der Waals surface area contributed by atoms with Crippen molar-refractivity contribution in [2.75, 3.05) is 40.9 Å². The number of phosphoric ester groups is 1. The number of hydrogen-bond donors (Lipinski definition) is 3. The summed E-state index contributed by atoms with van der Waals surface area (Å²) in [7, 11) is 1.59. The van der Waals surface area contributed by atoms with E-state index in [-0.39, 0.29) is 19.1 Å². The molecule has 3 atom stereocenters. The molecule has 8 nitrogen and oxygen atoms in total. The van der Waals surface area contributed by atoms with Crippen molar-refractivity contribution in [1.29, 1.82) is 0 Å². The third-order valence-electron chi connectivity index (χ3n) is 16.5. The third kappa shape index (κ3) is 66.0. The van der Waals surface area contributed by atoms with Crippen LogP contribution < -0.4 is 5.32 Å². The van der Waals surface area contributed by atoms with Gasteiger partial charge in [-0.1, -0.05) is 345 Å². The molecule has 0 heterocycles. The van der Waals surface area contributed by atoms with Gasteiger partial charge < -0.3 is 19.8 Å². The van der Waals surface area contributed by atoms with Crippen molar-refractivity contribution in [3.8, 4) is 0 Å². The number of unbranched alkanes of at least 4 members (excludes halogenated alkanes) is 48. The van der Waals surface area contributed by atoms with Crippen LogP contribution in [0.3, 0.4) is 0 Å². The van der Waals surface area contributed by atoms with Gasteiger partial charge in [0.2, 0.25) is 5.91 Å². The number of nitrogens with one attached hydrogen (secondary N) is 1. The predicted octanol–water partition coefficient (Wildman–Crippen LogP) is 23.0. The number of rotatable bonds is 67. The normalized spacial score (nSPS) is 13.9. The molecule has 0 fully saturated rings. The lowest BCUT2D eigenvalue weighted by atomic mass is 10.0. The lowest BCUT2D eigenvalue weighted by Gasteiger charge is -2.25. The van der Waals surface area contributed by atoms with Crippen LogP contribution in [0, 0.1) is 0 Å². The van der Waals surface area contributed by atoms with E-state index in [0.29, 0.717) is 17.4 Å². The van der Waals surface area contributed by atoms with Crippen LogP contribution in [-0.2, 0) is 18.4 Å². The molecular formula is C73H142N2O6P+. The van der Waals surface area contributed by atoms with Crippen molar-refractivity contribution in [2.45, 2.75) is 373 Å². The van der Waals surface area contributed by atoms with E-state index in [1.807, 2.05) is 27.2 Å². The molecule has 0 aliphatic carbocycles. The Labute approximate surface area is 511 Å². The summed E-state index contributed by atoms with van der Waals surface area (Å²) in [5.74, 6) is -0.172. The summed E-state index contributed by atoms with van der Waals surface area (Å²) in [5.41, 5.74) is 0. The first-order valence-corrected chi connectivity index (χ1v) is 37.5. The Hall–Kier alpha value is -1.54. The fraction of sp³-hybridized carbons (Fsp3) is 0.877. The minimum absolute atomic E-state index is 0.0623. The molecule has 82 heavy (non-hydrogen) atoms. The van der Waals surface area contributed by atoms with E-state index in [1.54, 1.807) is 6.08 Å². The Morgan fingerprint density at radius 3 is 1.01 bits per heavy atom. The molecule has 0 bridgehead atoms. The average Bonchev–Trinajstić information content (AvgIpc) is 3.47. The number of nitrogens with zero attached hydrogens (tertiary/aromatic N) is 1. The zero-order valence-corrected chi connectivity index (χ0v) is 56.4. The number of carbonyl (C=O) groups excluding carboxylic acids is 1. The van der Waals surface area contributed by atoms with Gasteiger partial charge in [-0.25, -0.2) is 4.57 Å². The molecule has 0 rings (SSSR count). The number of carbonyl (C=O) groups is 1. The van der Waals surface area contributed by atoms with Gasteiger partial charge in [-0.05, 0) is 57.8 Å². The quantitative estimate of drug-likeness (QED) is 0.0243. The predicted molar refractivity (Wildman–Crippen MR) is 360 cm³/mol. The van der Waals surface area contributed by atoms with Crippen molar-refractivity contribution in [2.24, 2.45) is 0 Å². The minimum atomic E-state index is -4.35. The second-order valence-electron chi connectivity index (χ2n) is 26.0. The van der Waals surface area contributed by atoms with E-state index < -0.39 is 20.0 Å². The molecule has 1 amide bonds. The van der Waals surface area contributed by atoms with Gasteiger partial charge in [-0.15, -0.1) is 0 Å². The van der Waals surface area contributed by atoms with Gasteiger partial charge in [0.25, 0.3) is 0 Å². The molecule has 0 aromatic rings. The fourth-order valence-corrected chi connectivity index (χ4v) is 11.7. The molecule has 0 saturated heterocycles. The van der Waals surface area contributed by atoms with Crippen molar-refractivity contribution in [3.05, 3.63) is 48.6 Å². The van der Waals surface area contributed by atoms with Crippen LogP contribution in [-0.4, -0.2) is 73.4 Å². The Kier molecular flexibility index (Phi) is 62.7. The number of phosphoric acid groups is 1. The molecule has 0 aliphatic rings. The van der Waals surface area contributed by atoms with Gasteiger partial charge in [0, 0.05) is 6.42 Å². The number of aliphatic hydroxyl groups excluding tert-OH is 1. The van der Waals surface area contributed by atoms with Gasteiger partial charge in [0.1, 0.15) is 13.2 Å². The zero-order chi connectivity index (χ0) is 59.8. The highest BCUT2D eigenvalue weighted by Crippen LogP contribution is 2.43. The van der Waals surface area contributed by atoms with E-state index in [1.165, 1.54) is 289 Å². The van der Waals surface area contributed by atoms with E-state index in [9.17, 15) is 19.4 Å². The molecule has 0 spiro atoms. The standard InChI is InChI=1S/C73H141N2O6P/c1-6-8-10-12-14-16-18-20-22-24-26-28-30-32-34-36-37-39-41-43-45-47-49-51-53-55-57-59-61-63-65-67-73(77)74-71(70-81-82(78,79)80-69-68-75(3,4)5)72(76)66-64-62-60-58-56-54-52-50-48-46-44-42-40-38-35-33-31-29-27-25-23-21-19-17-15-13-11-9-7-2/h18,20,24,26,30,32,64,66,71-72,76H,6-17,19,21-23,25,27-29,31,33-63,65,67-70H2,1-5H3,(H-,74,77,78,79)/p+1/b20-18-,26-24-,32-30-,66-64+. The van der Waals surface area contributed by atoms with Gasteiger partial charge in [-0.3, -0.25) is 13.8 Å². The van der Waals surface area contributed by atoms with Crippen LogP contribution in [0.25, 0.3) is 0 Å². The van der Waals surface area contributed by atoms with Crippen LogP contribution in [0.2, 0.25) is 0 Å². The Morgan fingerprint density at radius 2 is 0.695 bits per heavy atom. The number of allylic oxidation sites excluding steroid dienone is 7. The molecular weight excluding hydrogens is 1030 g/mol. The third-order valence-corrected chi connectivity index (χ3v) is 17.5. The smallest absolute Gasteiger partial charge is 0.387 e. The SMILES string of the molecule is CCCCCCC/C=C\C/C=C\C/C=C\CCCCCCCCCCCCCCCCCCC(=O)NC(COP(=O)(O)OCC[N+](C)(C)C)C(O)/C=C/CCCCCCCCCCCCCCCCCCCCCCCCCCCCC. The zero-order valence-electron chi connectivity index (χ0n) is 55.5. The van der Waals surface area contributed by atoms with Crippen molar-refractivity contribution < 1.29 is 32.9 Å². The van der Waals surface area contributed by atoms with E-state index in [2.05, 4.69) is 55.6 Å². The Balaban J connectivity index is 4.05. The topological polar surface area (TPSA) is 105 Å². The second-order valence-corrected chi connectivity index (χ2v) is 27.4. The number of aliphatic hydroxyl groups is 1. The van der Waals surface area contributed by atoms with Crippen molar-refractivity contribution in [3.63, 3.8) is 0 Å². The average molecular weight is 1170 g/mol. The summed E-state index contributed by atoms with van der Waals surface area (Å²) >= 11 is 0. The lowest BCUT2D eigenvalue weighted by molar-refractivity contribution is -0.870. The summed E-state index contributed by atoms with van der Waals surface area (Å²) in [6.07, 6.45) is 86.9. The number of amides is 1. The first-order chi connectivity index (χ1) is 40.0. The van der Waals surface area contributed by atoms with Crippen molar-refractivity contribution >= 4 is 13.7 Å². The van der Waals surface area contributed by atoms with Gasteiger partial charge >= 0.3 is 7.82 Å². The Morgan fingerprint density at radius 1 is 0.415 bits per heavy atom. The van der Waals surface area contributed by atoms with Crippen LogP contribution in [0.5, 0.6) is 0 Å². The number of quaternary nitrogens is 1. The molecule has 3 unspecified atom stereocenters. The molecule has 0 aromatic heterocycles. The summed E-state index contributed by atoms with van der Waals surface area (Å²) in [5, 5.41) is 14.0. The molecule has 484 valence electrons. The van der Waals surface area contributed by atoms with Gasteiger partial charge in [0.15, 0.2) is 0 Å². The van der Waals surface area contributed by atoms with Crippen LogP contribution in [0.15, 0.2) is 48.6 Å². The summed E-state index contributed by atoms with van der Waals surface area (Å²) in [6.45, 7) is 4.86. The number of hydrogen-bond acceptors (Lipinski definition) is 5. The largest absolute Gasteiger partial charge is 0.472 e. The molecule has 0 saturated carbocycles. The van der Waals surface area contributed by atoms with Crippen LogP contribution >= 0.6 is 7.82 Å². The maximum Gasteiger partial charge on any atom is 0.472 e. The van der Waals surface area contributed by atoms with Gasteiger partial charge in [0.05, 0.1) is 39.9 Å². The molecule has 0 radical (unpaired) electrons. The summed E-state index contributed by atoms with van der Waals surface area (Å²) in [4.78, 5) is 23.4. The molecule has 9 heteroatoms. The van der Waals surface area contributed by atoms with E-state index in [0.717, 1.165) is 51.4 Å². The summed E-state index contributed by atoms with van der Waals surface area (Å²) < 4.78 is 23.8.